The summed E-state index contributed by atoms with van der Waals surface area (Å²) in [5.41, 5.74) is 1.65. The molecule has 0 bridgehead atoms. The number of aromatic nitrogens is 2. The smallest absolute Gasteiger partial charge is 0.151 e. The zero-order valence-electron chi connectivity index (χ0n) is 12.7. The summed E-state index contributed by atoms with van der Waals surface area (Å²) in [5, 5.41) is 3.31. The van der Waals surface area contributed by atoms with Gasteiger partial charge < -0.3 is 10.2 Å². The number of anilines is 2. The van der Waals surface area contributed by atoms with E-state index in [1.807, 2.05) is 17.9 Å². The highest BCUT2D eigenvalue weighted by Gasteiger charge is 2.10. The summed E-state index contributed by atoms with van der Waals surface area (Å²) >= 11 is 0. The van der Waals surface area contributed by atoms with Crippen molar-refractivity contribution in [3.8, 4) is 0 Å². The van der Waals surface area contributed by atoms with Crippen molar-refractivity contribution in [2.75, 3.05) is 11.4 Å². The Hall–Kier alpha value is -2.01. The Kier molecular flexibility index (Phi) is 5.22. The van der Waals surface area contributed by atoms with Gasteiger partial charge in [0.15, 0.2) is 5.82 Å². The lowest BCUT2D eigenvalue weighted by atomic mass is 10.2. The Morgan fingerprint density at radius 3 is 2.76 bits per heavy atom. The van der Waals surface area contributed by atoms with Crippen LogP contribution in [0.1, 0.15) is 26.5 Å². The summed E-state index contributed by atoms with van der Waals surface area (Å²) in [7, 11) is 0. The molecule has 2 rings (SSSR count). The molecule has 0 amide bonds. The van der Waals surface area contributed by atoms with Gasteiger partial charge >= 0.3 is 0 Å². The third-order valence-corrected chi connectivity index (χ3v) is 3.08. The van der Waals surface area contributed by atoms with Crippen LogP contribution in [0.15, 0.2) is 36.7 Å². The van der Waals surface area contributed by atoms with Gasteiger partial charge in [-0.05, 0) is 25.1 Å². The van der Waals surface area contributed by atoms with E-state index in [1.54, 1.807) is 18.5 Å². The van der Waals surface area contributed by atoms with E-state index in [9.17, 15) is 4.39 Å². The summed E-state index contributed by atoms with van der Waals surface area (Å²) in [6, 6.07) is 6.90. The van der Waals surface area contributed by atoms with Gasteiger partial charge in [0.1, 0.15) is 5.82 Å². The van der Waals surface area contributed by atoms with E-state index in [0.717, 1.165) is 17.2 Å². The molecule has 112 valence electrons. The van der Waals surface area contributed by atoms with Crippen LogP contribution in [0.2, 0.25) is 0 Å². The zero-order valence-corrected chi connectivity index (χ0v) is 12.7. The van der Waals surface area contributed by atoms with Crippen LogP contribution in [0.25, 0.3) is 0 Å². The lowest BCUT2D eigenvalue weighted by Gasteiger charge is -2.22. The quantitative estimate of drug-likeness (QED) is 0.885. The van der Waals surface area contributed by atoms with Crippen molar-refractivity contribution < 1.29 is 4.39 Å². The molecule has 0 aliphatic heterocycles. The van der Waals surface area contributed by atoms with E-state index < -0.39 is 0 Å². The maximum atomic E-state index is 13.4. The van der Waals surface area contributed by atoms with Gasteiger partial charge in [0.2, 0.25) is 0 Å². The molecule has 1 N–H and O–H groups in total. The Labute approximate surface area is 125 Å². The molecule has 0 unspecified atom stereocenters. The van der Waals surface area contributed by atoms with Crippen LogP contribution >= 0.6 is 0 Å². The molecule has 0 aliphatic carbocycles. The molecule has 0 spiro atoms. The van der Waals surface area contributed by atoms with Crippen LogP contribution in [0.5, 0.6) is 0 Å². The van der Waals surface area contributed by atoms with Gasteiger partial charge in [-0.1, -0.05) is 19.9 Å². The fourth-order valence-corrected chi connectivity index (χ4v) is 2.04. The summed E-state index contributed by atoms with van der Waals surface area (Å²) in [6.45, 7) is 7.54. The molecular formula is C16H21FN4. The van der Waals surface area contributed by atoms with Gasteiger partial charge in [-0.2, -0.15) is 0 Å². The highest BCUT2D eigenvalue weighted by molar-refractivity contribution is 5.59. The Morgan fingerprint density at radius 2 is 2.10 bits per heavy atom. The summed E-state index contributed by atoms with van der Waals surface area (Å²) in [5.74, 6) is 0.475. The third kappa shape index (κ3) is 4.23. The minimum atomic E-state index is -0.253. The molecule has 4 nitrogen and oxygen atoms in total. The van der Waals surface area contributed by atoms with Crippen LogP contribution in [-0.4, -0.2) is 22.6 Å². The Bertz CT molecular complexity index is 586. The van der Waals surface area contributed by atoms with E-state index in [1.165, 1.54) is 12.1 Å². The lowest BCUT2D eigenvalue weighted by Crippen LogP contribution is -2.23. The summed E-state index contributed by atoms with van der Waals surface area (Å²) < 4.78 is 13.4. The van der Waals surface area contributed by atoms with E-state index in [0.29, 0.717) is 19.1 Å². The Morgan fingerprint density at radius 1 is 1.29 bits per heavy atom. The van der Waals surface area contributed by atoms with Crippen LogP contribution in [0, 0.1) is 5.82 Å². The predicted molar refractivity (Wildman–Crippen MR) is 83.1 cm³/mol. The second-order valence-corrected chi connectivity index (χ2v) is 5.13. The molecule has 1 aromatic heterocycles. The number of rotatable bonds is 6. The van der Waals surface area contributed by atoms with Crippen LogP contribution in [-0.2, 0) is 6.54 Å². The standard InChI is InChI=1S/C16H21FN4/c1-4-21(15-7-5-6-13(17)8-15)16-11-18-9-14(20-16)10-19-12(2)3/h5-9,11-12,19H,4,10H2,1-3H3. The molecule has 0 aliphatic rings. The SMILES string of the molecule is CCN(c1cccc(F)c1)c1cncc(CNC(C)C)n1. The summed E-state index contributed by atoms with van der Waals surface area (Å²) in [6.07, 6.45) is 3.45. The molecule has 1 aromatic carbocycles. The maximum Gasteiger partial charge on any atom is 0.151 e. The predicted octanol–water partition coefficient (Wildman–Crippen LogP) is 3.27. The largest absolute Gasteiger partial charge is 0.325 e. The molecule has 0 radical (unpaired) electrons. The van der Waals surface area contributed by atoms with Gasteiger partial charge in [-0.15, -0.1) is 0 Å². The van der Waals surface area contributed by atoms with Gasteiger partial charge in [0.05, 0.1) is 11.9 Å². The molecule has 0 fully saturated rings. The van der Waals surface area contributed by atoms with Crippen molar-refractivity contribution in [1.29, 1.82) is 0 Å². The molecular weight excluding hydrogens is 267 g/mol. The normalized spacial score (nSPS) is 10.9. The summed E-state index contributed by atoms with van der Waals surface area (Å²) in [4.78, 5) is 10.8. The third-order valence-electron chi connectivity index (χ3n) is 3.08. The van der Waals surface area contributed by atoms with E-state index in [2.05, 4.69) is 29.1 Å². The van der Waals surface area contributed by atoms with E-state index in [-0.39, 0.29) is 5.82 Å². The average molecular weight is 288 g/mol. The number of hydrogen-bond acceptors (Lipinski definition) is 4. The first kappa shape index (κ1) is 15.4. The first-order valence-electron chi connectivity index (χ1n) is 7.17. The molecule has 0 saturated heterocycles. The van der Waals surface area contributed by atoms with Crippen molar-refractivity contribution in [3.05, 3.63) is 48.2 Å². The average Bonchev–Trinajstić information content (AvgIpc) is 2.46. The maximum absolute atomic E-state index is 13.4. The zero-order chi connectivity index (χ0) is 15.2. The van der Waals surface area contributed by atoms with Crippen LogP contribution in [0.3, 0.4) is 0 Å². The molecule has 0 saturated carbocycles. The second kappa shape index (κ2) is 7.13. The number of nitrogens with zero attached hydrogens (tertiary/aromatic N) is 3. The minimum absolute atomic E-state index is 0.253. The highest BCUT2D eigenvalue weighted by atomic mass is 19.1. The second-order valence-electron chi connectivity index (χ2n) is 5.13. The van der Waals surface area contributed by atoms with Crippen molar-refractivity contribution >= 4 is 11.5 Å². The molecule has 2 aromatic rings. The molecule has 21 heavy (non-hydrogen) atoms. The molecule has 1 heterocycles. The van der Waals surface area contributed by atoms with Gasteiger partial charge in [-0.3, -0.25) is 4.98 Å². The monoisotopic (exact) mass is 288 g/mol. The minimum Gasteiger partial charge on any atom is -0.325 e. The highest BCUT2D eigenvalue weighted by Crippen LogP contribution is 2.23. The fourth-order valence-electron chi connectivity index (χ4n) is 2.04. The van der Waals surface area contributed by atoms with Gasteiger partial charge in [0, 0.05) is 31.0 Å². The number of halogens is 1. The fraction of sp³-hybridized carbons (Fsp3) is 0.375. The number of nitrogens with one attached hydrogen (secondary N) is 1. The Balaban J connectivity index is 2.24. The number of benzene rings is 1. The first-order chi connectivity index (χ1) is 10.1. The van der Waals surface area contributed by atoms with Crippen LogP contribution < -0.4 is 10.2 Å². The van der Waals surface area contributed by atoms with E-state index in [4.69, 9.17) is 0 Å². The first-order valence-corrected chi connectivity index (χ1v) is 7.17. The van der Waals surface area contributed by atoms with Crippen molar-refractivity contribution in [2.45, 2.75) is 33.4 Å². The topological polar surface area (TPSA) is 41.1 Å². The molecule has 5 heteroatoms. The van der Waals surface area contributed by atoms with Crippen molar-refractivity contribution in [1.82, 2.24) is 15.3 Å². The lowest BCUT2D eigenvalue weighted by molar-refractivity contribution is 0.580. The molecule has 0 atom stereocenters. The number of hydrogen-bond donors (Lipinski definition) is 1. The van der Waals surface area contributed by atoms with Crippen molar-refractivity contribution in [2.24, 2.45) is 0 Å². The van der Waals surface area contributed by atoms with Crippen molar-refractivity contribution in [3.63, 3.8) is 0 Å². The van der Waals surface area contributed by atoms with Gasteiger partial charge in [0.25, 0.3) is 0 Å². The van der Waals surface area contributed by atoms with Crippen LogP contribution in [0.4, 0.5) is 15.9 Å². The van der Waals surface area contributed by atoms with Gasteiger partial charge in [-0.25, -0.2) is 9.37 Å². The van der Waals surface area contributed by atoms with E-state index >= 15 is 0 Å².